The number of halogens is 3. The molecular weight excluding hydrogens is 240 g/mol. The molecule has 2 rings (SSSR count). The third-order valence-corrected chi connectivity index (χ3v) is 2.54. The van der Waals surface area contributed by atoms with Crippen molar-refractivity contribution in [2.45, 2.75) is 6.04 Å². The highest BCUT2D eigenvalue weighted by molar-refractivity contribution is 6.33. The lowest BCUT2D eigenvalue weighted by Gasteiger charge is -2.26. The predicted octanol–water partition coefficient (Wildman–Crippen LogP) is 1.75. The van der Waals surface area contributed by atoms with Crippen LogP contribution in [0.2, 0.25) is 5.02 Å². The number of hydrogen-bond acceptors (Lipinski definition) is 2. The zero-order chi connectivity index (χ0) is 11.7. The number of rotatable bonds is 2. The molecule has 86 valence electrons. The fourth-order valence-corrected chi connectivity index (χ4v) is 1.51. The second-order valence-electron chi connectivity index (χ2n) is 3.45. The number of carbonyl (C=O) groups is 1. The molecule has 1 saturated heterocycles. The Kier molecular flexibility index (Phi) is 3.07. The molecule has 0 spiro atoms. The monoisotopic (exact) mass is 247 g/mol. The summed E-state index contributed by atoms with van der Waals surface area (Å²) in [7, 11) is 0. The Labute approximate surface area is 95.3 Å². The van der Waals surface area contributed by atoms with E-state index in [0.29, 0.717) is 13.2 Å². The second kappa shape index (κ2) is 4.35. The van der Waals surface area contributed by atoms with Gasteiger partial charge < -0.3 is 10.1 Å². The molecular formula is C10H8ClF2NO2. The smallest absolute Gasteiger partial charge is 0.253 e. The lowest BCUT2D eigenvalue weighted by atomic mass is 10.1. The van der Waals surface area contributed by atoms with Crippen molar-refractivity contribution in [3.63, 3.8) is 0 Å². The van der Waals surface area contributed by atoms with Crippen LogP contribution in [0.5, 0.6) is 0 Å². The van der Waals surface area contributed by atoms with E-state index in [2.05, 4.69) is 5.32 Å². The molecule has 1 aromatic carbocycles. The van der Waals surface area contributed by atoms with Gasteiger partial charge in [0.2, 0.25) is 0 Å². The Morgan fingerprint density at radius 1 is 1.38 bits per heavy atom. The van der Waals surface area contributed by atoms with E-state index in [4.69, 9.17) is 16.3 Å². The van der Waals surface area contributed by atoms with E-state index in [1.807, 2.05) is 0 Å². The molecule has 1 fully saturated rings. The molecule has 1 amide bonds. The normalized spacial score (nSPS) is 15.7. The summed E-state index contributed by atoms with van der Waals surface area (Å²) in [6.45, 7) is 0.847. The Morgan fingerprint density at radius 2 is 2.00 bits per heavy atom. The molecule has 0 saturated carbocycles. The van der Waals surface area contributed by atoms with E-state index in [1.54, 1.807) is 0 Å². The van der Waals surface area contributed by atoms with Gasteiger partial charge in [0.1, 0.15) is 0 Å². The lowest BCUT2D eigenvalue weighted by molar-refractivity contribution is -0.00346. The van der Waals surface area contributed by atoms with Crippen molar-refractivity contribution in [3.05, 3.63) is 34.4 Å². The highest BCUT2D eigenvalue weighted by Gasteiger charge is 2.23. The van der Waals surface area contributed by atoms with Gasteiger partial charge in [0.15, 0.2) is 11.6 Å². The van der Waals surface area contributed by atoms with Gasteiger partial charge >= 0.3 is 0 Å². The lowest BCUT2D eigenvalue weighted by Crippen LogP contribution is -2.48. The molecule has 0 aliphatic carbocycles. The van der Waals surface area contributed by atoms with Gasteiger partial charge in [-0.25, -0.2) is 8.78 Å². The van der Waals surface area contributed by atoms with Crippen LogP contribution in [-0.2, 0) is 4.74 Å². The minimum absolute atomic E-state index is 0.0764. The molecule has 0 aromatic heterocycles. The third kappa shape index (κ3) is 2.15. The van der Waals surface area contributed by atoms with Gasteiger partial charge in [0.05, 0.1) is 29.8 Å². The van der Waals surface area contributed by atoms with Crippen LogP contribution >= 0.6 is 11.6 Å². The first kappa shape index (κ1) is 11.3. The number of benzene rings is 1. The van der Waals surface area contributed by atoms with Gasteiger partial charge in [-0.15, -0.1) is 0 Å². The fourth-order valence-electron chi connectivity index (χ4n) is 1.28. The molecule has 6 heteroatoms. The first-order chi connectivity index (χ1) is 7.58. The maximum atomic E-state index is 12.9. The highest BCUT2D eigenvalue weighted by atomic mass is 35.5. The predicted molar refractivity (Wildman–Crippen MR) is 53.4 cm³/mol. The zero-order valence-electron chi connectivity index (χ0n) is 8.10. The van der Waals surface area contributed by atoms with Gasteiger partial charge in [-0.3, -0.25) is 4.79 Å². The first-order valence-electron chi connectivity index (χ1n) is 4.61. The molecule has 0 radical (unpaired) electrons. The first-order valence-corrected chi connectivity index (χ1v) is 4.99. The van der Waals surface area contributed by atoms with Crippen molar-refractivity contribution in [2.24, 2.45) is 0 Å². The summed E-state index contributed by atoms with van der Waals surface area (Å²) in [5, 5.41) is 2.47. The van der Waals surface area contributed by atoms with Gasteiger partial charge in [-0.2, -0.15) is 0 Å². The Morgan fingerprint density at radius 3 is 2.56 bits per heavy atom. The van der Waals surface area contributed by atoms with E-state index in [-0.39, 0.29) is 16.6 Å². The molecule has 1 N–H and O–H groups in total. The van der Waals surface area contributed by atoms with E-state index >= 15 is 0 Å². The van der Waals surface area contributed by atoms with Crippen LogP contribution < -0.4 is 5.32 Å². The number of amides is 1. The van der Waals surface area contributed by atoms with Crippen molar-refractivity contribution in [1.82, 2.24) is 5.32 Å². The van der Waals surface area contributed by atoms with Crippen molar-refractivity contribution >= 4 is 17.5 Å². The minimum atomic E-state index is -1.10. The van der Waals surface area contributed by atoms with Crippen LogP contribution in [0.4, 0.5) is 8.78 Å². The molecule has 0 bridgehead atoms. The summed E-state index contributed by atoms with van der Waals surface area (Å²) in [5.41, 5.74) is -0.0764. The number of carbonyl (C=O) groups excluding carboxylic acids is 1. The molecule has 16 heavy (non-hydrogen) atoms. The number of nitrogens with one attached hydrogen (secondary N) is 1. The van der Waals surface area contributed by atoms with Crippen molar-refractivity contribution < 1.29 is 18.3 Å². The number of ether oxygens (including phenoxy) is 1. The van der Waals surface area contributed by atoms with Gasteiger partial charge in [0, 0.05) is 0 Å². The van der Waals surface area contributed by atoms with Crippen LogP contribution in [0.1, 0.15) is 10.4 Å². The Bertz CT molecular complexity index is 435. The van der Waals surface area contributed by atoms with E-state index in [0.717, 1.165) is 12.1 Å². The zero-order valence-corrected chi connectivity index (χ0v) is 8.85. The van der Waals surface area contributed by atoms with Crippen LogP contribution in [0.15, 0.2) is 12.1 Å². The second-order valence-corrected chi connectivity index (χ2v) is 3.86. The summed E-state index contributed by atoms with van der Waals surface area (Å²) >= 11 is 5.64. The van der Waals surface area contributed by atoms with Crippen LogP contribution in [-0.4, -0.2) is 25.2 Å². The average molecular weight is 248 g/mol. The summed E-state index contributed by atoms with van der Waals surface area (Å²) in [6.07, 6.45) is 0. The third-order valence-electron chi connectivity index (χ3n) is 2.23. The number of hydrogen-bond donors (Lipinski definition) is 1. The van der Waals surface area contributed by atoms with E-state index < -0.39 is 17.5 Å². The van der Waals surface area contributed by atoms with Gasteiger partial charge in [0.25, 0.3) is 5.91 Å². The fraction of sp³-hybridized carbons (Fsp3) is 0.300. The average Bonchev–Trinajstić information content (AvgIpc) is 2.17. The summed E-state index contributed by atoms with van der Waals surface area (Å²) in [5.74, 6) is -2.70. The maximum Gasteiger partial charge on any atom is 0.253 e. The van der Waals surface area contributed by atoms with Gasteiger partial charge in [-0.1, -0.05) is 11.6 Å². The van der Waals surface area contributed by atoms with Crippen LogP contribution in [0.25, 0.3) is 0 Å². The molecule has 1 aromatic rings. The molecule has 0 unspecified atom stereocenters. The summed E-state index contributed by atoms with van der Waals surface area (Å²) in [4.78, 5) is 11.6. The van der Waals surface area contributed by atoms with Crippen molar-refractivity contribution in [3.8, 4) is 0 Å². The maximum absolute atomic E-state index is 12.9. The summed E-state index contributed by atoms with van der Waals surface area (Å²) < 4.78 is 30.5. The Hall–Kier alpha value is -1.20. The molecule has 1 aliphatic rings. The molecule has 1 aliphatic heterocycles. The van der Waals surface area contributed by atoms with Gasteiger partial charge in [-0.05, 0) is 12.1 Å². The summed E-state index contributed by atoms with van der Waals surface area (Å²) in [6, 6.07) is 1.48. The standard InChI is InChI=1S/C10H8ClF2NO2/c11-7-2-9(13)8(12)1-6(7)10(15)14-5-3-16-4-5/h1-2,5H,3-4H2,(H,14,15). The Balaban J connectivity index is 2.18. The SMILES string of the molecule is O=C(NC1COC1)c1cc(F)c(F)cc1Cl. The van der Waals surface area contributed by atoms with Crippen molar-refractivity contribution in [2.75, 3.05) is 13.2 Å². The van der Waals surface area contributed by atoms with Crippen molar-refractivity contribution in [1.29, 1.82) is 0 Å². The molecule has 0 atom stereocenters. The van der Waals surface area contributed by atoms with E-state index in [1.165, 1.54) is 0 Å². The molecule has 3 nitrogen and oxygen atoms in total. The van der Waals surface area contributed by atoms with E-state index in [9.17, 15) is 13.6 Å². The molecule has 1 heterocycles. The quantitative estimate of drug-likeness (QED) is 0.809. The largest absolute Gasteiger partial charge is 0.377 e. The van der Waals surface area contributed by atoms with Crippen LogP contribution in [0, 0.1) is 11.6 Å². The topological polar surface area (TPSA) is 38.3 Å². The van der Waals surface area contributed by atoms with Crippen LogP contribution in [0.3, 0.4) is 0 Å². The highest BCUT2D eigenvalue weighted by Crippen LogP contribution is 2.20. The minimum Gasteiger partial charge on any atom is -0.377 e.